The summed E-state index contributed by atoms with van der Waals surface area (Å²) in [6.45, 7) is 0. The third-order valence-electron chi connectivity index (χ3n) is 1.12. The van der Waals surface area contributed by atoms with E-state index in [-0.39, 0.29) is 11.3 Å². The summed E-state index contributed by atoms with van der Waals surface area (Å²) in [5, 5.41) is 8.41. The van der Waals surface area contributed by atoms with Crippen molar-refractivity contribution >= 4 is 12.3 Å². The van der Waals surface area contributed by atoms with Crippen LogP contribution in [0.5, 0.6) is 0 Å². The largest absolute Gasteiger partial charge is 0.478 e. The summed E-state index contributed by atoms with van der Waals surface area (Å²) in [7, 11) is 0. The molecule has 0 atom stereocenters. The molecule has 0 amide bonds. The molecule has 1 aromatic heterocycles. The Labute approximate surface area is 62.5 Å². The fraction of sp³-hybridized carbons (Fsp3) is 0. The second kappa shape index (κ2) is 2.92. The van der Waals surface area contributed by atoms with E-state index >= 15 is 0 Å². The van der Waals surface area contributed by atoms with E-state index in [1.807, 2.05) is 0 Å². The molecule has 0 spiro atoms. The molecule has 0 unspecified atom stereocenters. The Kier molecular flexibility index (Phi) is 1.96. The van der Waals surface area contributed by atoms with Gasteiger partial charge in [-0.3, -0.25) is 9.78 Å². The standard InChI is InChI=1S/C7H4NO3/c9-4-6-2-1-5(3-8-6)7(10)11/h1-3H,(H,10,11). The van der Waals surface area contributed by atoms with Crippen molar-refractivity contribution < 1.29 is 14.7 Å². The maximum atomic E-state index is 10.3. The van der Waals surface area contributed by atoms with E-state index in [1.165, 1.54) is 18.4 Å². The van der Waals surface area contributed by atoms with Crippen LogP contribution in [0.2, 0.25) is 0 Å². The summed E-state index contributed by atoms with van der Waals surface area (Å²) in [4.78, 5) is 23.7. The molecule has 4 heteroatoms. The minimum atomic E-state index is -1.06. The van der Waals surface area contributed by atoms with Crippen LogP contribution in [0, 0.1) is 0 Å². The van der Waals surface area contributed by atoms with Gasteiger partial charge in [0.05, 0.1) is 5.56 Å². The summed E-state index contributed by atoms with van der Waals surface area (Å²) in [6, 6.07) is 2.60. The molecule has 1 aromatic rings. The normalized spacial score (nSPS) is 9.09. The van der Waals surface area contributed by atoms with Crippen LogP contribution in [0.3, 0.4) is 0 Å². The number of rotatable bonds is 2. The molecule has 4 nitrogen and oxygen atoms in total. The lowest BCUT2D eigenvalue weighted by Gasteiger charge is -1.91. The molecule has 55 valence electrons. The van der Waals surface area contributed by atoms with Crippen LogP contribution in [0.1, 0.15) is 16.1 Å². The molecule has 1 N–H and O–H groups in total. The number of hydrogen-bond donors (Lipinski definition) is 1. The smallest absolute Gasteiger partial charge is 0.337 e. The van der Waals surface area contributed by atoms with Crippen molar-refractivity contribution in [2.75, 3.05) is 0 Å². The monoisotopic (exact) mass is 150 g/mol. The van der Waals surface area contributed by atoms with E-state index in [4.69, 9.17) is 5.11 Å². The summed E-state index contributed by atoms with van der Waals surface area (Å²) in [6.07, 6.45) is 2.65. The predicted molar refractivity (Wildman–Crippen MR) is 36.0 cm³/mol. The van der Waals surface area contributed by atoms with E-state index in [0.717, 1.165) is 6.20 Å². The Morgan fingerprint density at radius 2 is 2.27 bits per heavy atom. The number of hydrogen-bond acceptors (Lipinski definition) is 3. The minimum Gasteiger partial charge on any atom is -0.478 e. The van der Waals surface area contributed by atoms with Gasteiger partial charge in [-0.15, -0.1) is 0 Å². The van der Waals surface area contributed by atoms with Gasteiger partial charge in [0, 0.05) is 6.20 Å². The molecule has 0 saturated carbocycles. The Bertz CT molecular complexity index is 278. The molecule has 0 aromatic carbocycles. The molecule has 0 aliphatic heterocycles. The second-order valence-corrected chi connectivity index (χ2v) is 1.84. The Morgan fingerprint density at radius 1 is 1.55 bits per heavy atom. The Hall–Kier alpha value is -1.71. The lowest BCUT2D eigenvalue weighted by Crippen LogP contribution is -1.97. The number of carboxylic acids is 1. The predicted octanol–water partition coefficient (Wildman–Crippen LogP) is 0.238. The van der Waals surface area contributed by atoms with Gasteiger partial charge in [0.15, 0.2) is 0 Å². The highest BCUT2D eigenvalue weighted by Gasteiger charge is 2.01. The molecule has 1 heterocycles. The molecule has 0 saturated heterocycles. The molecule has 0 aliphatic carbocycles. The minimum absolute atomic E-state index is 0.0593. The summed E-state index contributed by atoms with van der Waals surface area (Å²) in [5.41, 5.74) is 0.166. The summed E-state index contributed by atoms with van der Waals surface area (Å²) < 4.78 is 0. The third kappa shape index (κ3) is 1.61. The fourth-order valence-corrected chi connectivity index (χ4v) is 0.581. The summed E-state index contributed by atoms with van der Waals surface area (Å²) >= 11 is 0. The number of aromatic carboxylic acids is 1. The molecule has 1 rings (SSSR count). The molecular weight excluding hydrogens is 146 g/mol. The van der Waals surface area contributed by atoms with Gasteiger partial charge in [-0.1, -0.05) is 0 Å². The number of aromatic nitrogens is 1. The second-order valence-electron chi connectivity index (χ2n) is 1.84. The zero-order valence-electron chi connectivity index (χ0n) is 5.44. The van der Waals surface area contributed by atoms with Crippen molar-refractivity contribution in [1.29, 1.82) is 0 Å². The number of carbonyl (C=O) groups excluding carboxylic acids is 1. The van der Waals surface area contributed by atoms with Gasteiger partial charge >= 0.3 is 5.97 Å². The van der Waals surface area contributed by atoms with Crippen molar-refractivity contribution in [1.82, 2.24) is 4.98 Å². The van der Waals surface area contributed by atoms with Gasteiger partial charge in [-0.25, -0.2) is 4.79 Å². The van der Waals surface area contributed by atoms with E-state index < -0.39 is 5.97 Å². The molecular formula is C7H4NO3. The molecule has 0 fully saturated rings. The molecule has 11 heavy (non-hydrogen) atoms. The van der Waals surface area contributed by atoms with E-state index in [0.29, 0.717) is 0 Å². The van der Waals surface area contributed by atoms with Crippen LogP contribution in [0.4, 0.5) is 0 Å². The Balaban J connectivity index is 3.00. The first-order valence-electron chi connectivity index (χ1n) is 2.81. The zero-order valence-corrected chi connectivity index (χ0v) is 5.44. The van der Waals surface area contributed by atoms with Crippen molar-refractivity contribution in [3.05, 3.63) is 29.6 Å². The quantitative estimate of drug-likeness (QED) is 0.655. The lowest BCUT2D eigenvalue weighted by molar-refractivity contribution is 0.0696. The van der Waals surface area contributed by atoms with E-state index in [1.54, 1.807) is 0 Å². The topological polar surface area (TPSA) is 67.3 Å². The van der Waals surface area contributed by atoms with Crippen molar-refractivity contribution in [3.63, 3.8) is 0 Å². The van der Waals surface area contributed by atoms with Gasteiger partial charge in [0.2, 0.25) is 0 Å². The van der Waals surface area contributed by atoms with Crippen LogP contribution in [0.25, 0.3) is 0 Å². The van der Waals surface area contributed by atoms with E-state index in [2.05, 4.69) is 4.98 Å². The maximum Gasteiger partial charge on any atom is 0.337 e. The lowest BCUT2D eigenvalue weighted by atomic mass is 10.2. The fourth-order valence-electron chi connectivity index (χ4n) is 0.581. The van der Waals surface area contributed by atoms with Crippen molar-refractivity contribution in [2.24, 2.45) is 0 Å². The van der Waals surface area contributed by atoms with Crippen LogP contribution in [-0.2, 0) is 4.79 Å². The molecule has 0 aliphatic rings. The first-order valence-corrected chi connectivity index (χ1v) is 2.81. The molecule has 1 radical (unpaired) electrons. The first-order chi connectivity index (χ1) is 5.24. The van der Waals surface area contributed by atoms with Crippen molar-refractivity contribution in [2.45, 2.75) is 0 Å². The Morgan fingerprint density at radius 3 is 2.64 bits per heavy atom. The van der Waals surface area contributed by atoms with Crippen molar-refractivity contribution in [3.8, 4) is 0 Å². The molecule has 0 bridgehead atoms. The van der Waals surface area contributed by atoms with Crippen LogP contribution < -0.4 is 0 Å². The number of carbonyl (C=O) groups is 1. The average Bonchev–Trinajstić information content (AvgIpc) is 2.05. The van der Waals surface area contributed by atoms with Gasteiger partial charge in [-0.2, -0.15) is 0 Å². The number of nitrogens with zero attached hydrogens (tertiary/aromatic N) is 1. The highest BCUT2D eigenvalue weighted by Crippen LogP contribution is 1.97. The number of carboxylic acid groups (broad SMARTS) is 1. The highest BCUT2D eigenvalue weighted by atomic mass is 16.4. The van der Waals surface area contributed by atoms with Crippen LogP contribution >= 0.6 is 0 Å². The third-order valence-corrected chi connectivity index (χ3v) is 1.12. The average molecular weight is 150 g/mol. The van der Waals surface area contributed by atoms with Gasteiger partial charge < -0.3 is 5.11 Å². The highest BCUT2D eigenvalue weighted by molar-refractivity contribution is 5.87. The number of pyridine rings is 1. The maximum absolute atomic E-state index is 10.3. The SMILES string of the molecule is O=[C]c1ccc(C(=O)O)cn1. The van der Waals surface area contributed by atoms with Crippen LogP contribution in [0.15, 0.2) is 18.3 Å². The first kappa shape index (κ1) is 7.40. The summed E-state index contributed by atoms with van der Waals surface area (Å²) in [5.74, 6) is -1.06. The van der Waals surface area contributed by atoms with Gasteiger partial charge in [-0.05, 0) is 12.1 Å². The van der Waals surface area contributed by atoms with Gasteiger partial charge in [0.25, 0.3) is 6.29 Å². The van der Waals surface area contributed by atoms with Crippen LogP contribution in [-0.4, -0.2) is 22.3 Å². The van der Waals surface area contributed by atoms with Gasteiger partial charge in [0.1, 0.15) is 5.69 Å². The zero-order chi connectivity index (χ0) is 8.27. The van der Waals surface area contributed by atoms with E-state index in [9.17, 15) is 9.59 Å².